The average Bonchev–Trinajstić information content (AvgIpc) is 2.24. The lowest BCUT2D eigenvalue weighted by molar-refractivity contribution is 0.0908. The maximum absolute atomic E-state index is 13.0. The fourth-order valence-electron chi connectivity index (χ4n) is 1.75. The Balaban J connectivity index is 2.92. The summed E-state index contributed by atoms with van der Waals surface area (Å²) in [5.41, 5.74) is -0.705. The van der Waals surface area contributed by atoms with Crippen LogP contribution in [0.25, 0.3) is 0 Å². The summed E-state index contributed by atoms with van der Waals surface area (Å²) in [5.74, 6) is -4.92. The molecule has 0 aliphatic heterocycles. The van der Waals surface area contributed by atoms with Gasteiger partial charge in [0, 0.05) is 11.1 Å². The summed E-state index contributed by atoms with van der Waals surface area (Å²) < 4.78 is 38.7. The fourth-order valence-corrected chi connectivity index (χ4v) is 1.75. The molecule has 0 aliphatic rings. The van der Waals surface area contributed by atoms with Crippen molar-refractivity contribution in [3.05, 3.63) is 35.1 Å². The minimum absolute atomic E-state index is 0.226. The molecule has 1 aromatic carbocycles. The van der Waals surface area contributed by atoms with Gasteiger partial charge in [0.2, 0.25) is 0 Å². The highest BCUT2D eigenvalue weighted by atomic mass is 19.2. The number of amides is 1. The highest BCUT2D eigenvalue weighted by molar-refractivity contribution is 5.94. The molecule has 1 amide bonds. The average molecular weight is 259 g/mol. The van der Waals surface area contributed by atoms with Crippen LogP contribution in [-0.4, -0.2) is 11.4 Å². The largest absolute Gasteiger partial charge is 0.347 e. The normalized spacial score (nSPS) is 11.4. The Morgan fingerprint density at radius 3 is 2.17 bits per heavy atom. The van der Waals surface area contributed by atoms with Crippen molar-refractivity contribution in [2.45, 2.75) is 39.2 Å². The number of halogens is 3. The highest BCUT2D eigenvalue weighted by Crippen LogP contribution is 2.16. The van der Waals surface area contributed by atoms with E-state index in [-0.39, 0.29) is 5.56 Å². The van der Waals surface area contributed by atoms with Crippen LogP contribution in [0.5, 0.6) is 0 Å². The Hall–Kier alpha value is -1.52. The van der Waals surface area contributed by atoms with Crippen LogP contribution in [0.4, 0.5) is 13.2 Å². The van der Waals surface area contributed by atoms with Crippen LogP contribution in [0, 0.1) is 17.5 Å². The van der Waals surface area contributed by atoms with E-state index < -0.39 is 28.9 Å². The maximum atomic E-state index is 13.0. The third kappa shape index (κ3) is 3.48. The molecule has 1 N–H and O–H groups in total. The minimum atomic E-state index is -1.57. The molecule has 0 heterocycles. The van der Waals surface area contributed by atoms with Crippen molar-refractivity contribution in [3.8, 4) is 0 Å². The topological polar surface area (TPSA) is 29.1 Å². The van der Waals surface area contributed by atoms with E-state index in [2.05, 4.69) is 5.32 Å². The summed E-state index contributed by atoms with van der Waals surface area (Å²) in [4.78, 5) is 11.8. The molecule has 18 heavy (non-hydrogen) atoms. The van der Waals surface area contributed by atoms with E-state index in [9.17, 15) is 18.0 Å². The summed E-state index contributed by atoms with van der Waals surface area (Å²) in [5, 5.41) is 2.65. The van der Waals surface area contributed by atoms with Gasteiger partial charge in [0.1, 0.15) is 0 Å². The zero-order valence-electron chi connectivity index (χ0n) is 10.6. The zero-order valence-corrected chi connectivity index (χ0v) is 10.6. The SMILES string of the molecule is CCCC(C)(C)NC(=O)c1cc(F)c(F)c(F)c1. The number of hydrogen-bond acceptors (Lipinski definition) is 1. The molecule has 0 radical (unpaired) electrons. The first kappa shape index (κ1) is 14.5. The third-order valence-electron chi connectivity index (χ3n) is 2.57. The molecule has 0 fully saturated rings. The summed E-state index contributed by atoms with van der Waals surface area (Å²) in [7, 11) is 0. The number of carbonyl (C=O) groups excluding carboxylic acids is 1. The van der Waals surface area contributed by atoms with Gasteiger partial charge < -0.3 is 5.32 Å². The minimum Gasteiger partial charge on any atom is -0.347 e. The number of nitrogens with one attached hydrogen (secondary N) is 1. The molecule has 1 rings (SSSR count). The zero-order chi connectivity index (χ0) is 13.9. The Bertz CT molecular complexity index is 435. The lowest BCUT2D eigenvalue weighted by atomic mass is 9.98. The van der Waals surface area contributed by atoms with Crippen LogP contribution in [0.2, 0.25) is 0 Å². The van der Waals surface area contributed by atoms with E-state index in [0.717, 1.165) is 12.8 Å². The van der Waals surface area contributed by atoms with E-state index in [1.54, 1.807) is 0 Å². The predicted molar refractivity (Wildman–Crippen MR) is 62.8 cm³/mol. The van der Waals surface area contributed by atoms with E-state index in [4.69, 9.17) is 0 Å². The van der Waals surface area contributed by atoms with Crippen molar-refractivity contribution in [1.82, 2.24) is 5.32 Å². The molecule has 100 valence electrons. The van der Waals surface area contributed by atoms with Crippen molar-refractivity contribution >= 4 is 5.91 Å². The van der Waals surface area contributed by atoms with E-state index >= 15 is 0 Å². The highest BCUT2D eigenvalue weighted by Gasteiger charge is 2.22. The second-order valence-corrected chi connectivity index (χ2v) is 4.84. The predicted octanol–water partition coefficient (Wildman–Crippen LogP) is 3.41. The van der Waals surface area contributed by atoms with Crippen molar-refractivity contribution in [2.75, 3.05) is 0 Å². The first-order valence-corrected chi connectivity index (χ1v) is 5.74. The Labute approximate surface area is 104 Å². The first-order valence-electron chi connectivity index (χ1n) is 5.74. The summed E-state index contributed by atoms with van der Waals surface area (Å²) in [6, 6.07) is 1.38. The fraction of sp³-hybridized carbons (Fsp3) is 0.462. The van der Waals surface area contributed by atoms with Crippen molar-refractivity contribution in [3.63, 3.8) is 0 Å². The number of rotatable bonds is 4. The molecule has 2 nitrogen and oxygen atoms in total. The molecule has 0 spiro atoms. The van der Waals surface area contributed by atoms with Crippen LogP contribution < -0.4 is 5.32 Å². The van der Waals surface area contributed by atoms with Gasteiger partial charge in [-0.25, -0.2) is 13.2 Å². The van der Waals surface area contributed by atoms with Gasteiger partial charge in [0.15, 0.2) is 17.5 Å². The molecule has 0 saturated carbocycles. The Kier molecular flexibility index (Phi) is 4.38. The third-order valence-corrected chi connectivity index (χ3v) is 2.57. The molecule has 0 bridgehead atoms. The lowest BCUT2D eigenvalue weighted by Gasteiger charge is -2.25. The van der Waals surface area contributed by atoms with Crippen LogP contribution >= 0.6 is 0 Å². The van der Waals surface area contributed by atoms with Gasteiger partial charge in [0.05, 0.1) is 0 Å². The molecule has 5 heteroatoms. The Morgan fingerprint density at radius 1 is 1.22 bits per heavy atom. The van der Waals surface area contributed by atoms with Gasteiger partial charge in [-0.2, -0.15) is 0 Å². The van der Waals surface area contributed by atoms with Crippen LogP contribution in [-0.2, 0) is 0 Å². The van der Waals surface area contributed by atoms with E-state index in [0.29, 0.717) is 12.1 Å². The molecule has 0 saturated heterocycles. The van der Waals surface area contributed by atoms with Gasteiger partial charge in [0.25, 0.3) is 5.91 Å². The number of hydrogen-bond donors (Lipinski definition) is 1. The molecule has 0 atom stereocenters. The lowest BCUT2D eigenvalue weighted by Crippen LogP contribution is -2.43. The molecular formula is C13H16F3NO. The van der Waals surface area contributed by atoms with Gasteiger partial charge in [-0.3, -0.25) is 4.79 Å². The quantitative estimate of drug-likeness (QED) is 0.825. The summed E-state index contributed by atoms with van der Waals surface area (Å²) in [6.07, 6.45) is 1.59. The molecule has 0 aromatic heterocycles. The van der Waals surface area contributed by atoms with Crippen molar-refractivity contribution in [2.24, 2.45) is 0 Å². The van der Waals surface area contributed by atoms with Gasteiger partial charge in [-0.05, 0) is 32.4 Å². The number of carbonyl (C=O) groups is 1. The maximum Gasteiger partial charge on any atom is 0.251 e. The van der Waals surface area contributed by atoms with Crippen molar-refractivity contribution in [1.29, 1.82) is 0 Å². The summed E-state index contributed by atoms with van der Waals surface area (Å²) in [6.45, 7) is 5.58. The van der Waals surface area contributed by atoms with Gasteiger partial charge in [-0.15, -0.1) is 0 Å². The van der Waals surface area contributed by atoms with Gasteiger partial charge >= 0.3 is 0 Å². The second-order valence-electron chi connectivity index (χ2n) is 4.84. The van der Waals surface area contributed by atoms with Crippen LogP contribution in [0.15, 0.2) is 12.1 Å². The second kappa shape index (κ2) is 5.42. The molecule has 1 aromatic rings. The van der Waals surface area contributed by atoms with Crippen LogP contribution in [0.1, 0.15) is 44.0 Å². The van der Waals surface area contributed by atoms with E-state index in [1.165, 1.54) is 0 Å². The molecule has 0 aliphatic carbocycles. The van der Waals surface area contributed by atoms with Crippen LogP contribution in [0.3, 0.4) is 0 Å². The molecule has 0 unspecified atom stereocenters. The standard InChI is InChI=1S/C13H16F3NO/c1-4-5-13(2,3)17-12(18)8-6-9(14)11(16)10(15)7-8/h6-7H,4-5H2,1-3H3,(H,17,18). The molecular weight excluding hydrogens is 243 g/mol. The summed E-state index contributed by atoms with van der Waals surface area (Å²) >= 11 is 0. The van der Waals surface area contributed by atoms with Crippen molar-refractivity contribution < 1.29 is 18.0 Å². The van der Waals surface area contributed by atoms with Gasteiger partial charge in [-0.1, -0.05) is 13.3 Å². The van der Waals surface area contributed by atoms with E-state index in [1.807, 2.05) is 20.8 Å². The number of benzene rings is 1. The smallest absolute Gasteiger partial charge is 0.251 e. The first-order chi connectivity index (χ1) is 8.26. The Morgan fingerprint density at radius 2 is 1.72 bits per heavy atom. The monoisotopic (exact) mass is 259 g/mol.